The number of nitrogens with zero attached hydrogens (tertiary/aromatic N) is 1. The second-order valence-electron chi connectivity index (χ2n) is 3.79. The molecule has 20 heavy (non-hydrogen) atoms. The molecule has 0 aromatic carbocycles. The van der Waals surface area contributed by atoms with E-state index in [1.807, 2.05) is 0 Å². The standard InChI is InChI=1S/C10H13F4N3O2S/c1-2-15-8-5-7(3-4-16-8)20(18,19)17-6-10(13,14)9(11)12/h3-5,9,17H,2,6H2,1H3,(H,15,16). The Balaban J connectivity index is 2.86. The van der Waals surface area contributed by atoms with Crippen LogP contribution in [0.3, 0.4) is 0 Å². The molecule has 1 aromatic rings. The minimum Gasteiger partial charge on any atom is -0.370 e. The van der Waals surface area contributed by atoms with Crippen molar-refractivity contribution in [2.45, 2.75) is 24.2 Å². The van der Waals surface area contributed by atoms with Gasteiger partial charge < -0.3 is 5.32 Å². The average molecular weight is 315 g/mol. The van der Waals surface area contributed by atoms with Crippen molar-refractivity contribution in [1.82, 2.24) is 9.71 Å². The van der Waals surface area contributed by atoms with E-state index in [4.69, 9.17) is 0 Å². The molecule has 0 radical (unpaired) electrons. The van der Waals surface area contributed by atoms with E-state index in [-0.39, 0.29) is 10.7 Å². The van der Waals surface area contributed by atoms with Crippen molar-refractivity contribution in [3.05, 3.63) is 18.3 Å². The molecule has 0 atom stereocenters. The molecule has 10 heteroatoms. The van der Waals surface area contributed by atoms with E-state index in [1.54, 1.807) is 6.92 Å². The maximum atomic E-state index is 12.7. The Morgan fingerprint density at radius 3 is 2.60 bits per heavy atom. The zero-order chi connectivity index (χ0) is 15.4. The van der Waals surface area contributed by atoms with Gasteiger partial charge in [-0.2, -0.15) is 8.78 Å². The molecule has 0 aliphatic heterocycles. The summed E-state index contributed by atoms with van der Waals surface area (Å²) in [5.41, 5.74) is 0. The number of anilines is 1. The largest absolute Gasteiger partial charge is 0.370 e. The summed E-state index contributed by atoms with van der Waals surface area (Å²) in [6.07, 6.45) is -2.78. The quantitative estimate of drug-likeness (QED) is 0.751. The Kier molecular flexibility index (Phi) is 5.28. The van der Waals surface area contributed by atoms with Crippen molar-refractivity contribution in [3.63, 3.8) is 0 Å². The molecule has 114 valence electrons. The van der Waals surface area contributed by atoms with Gasteiger partial charge in [0.05, 0.1) is 11.4 Å². The van der Waals surface area contributed by atoms with E-state index >= 15 is 0 Å². The van der Waals surface area contributed by atoms with Crippen LogP contribution in [0, 0.1) is 0 Å². The lowest BCUT2D eigenvalue weighted by molar-refractivity contribution is -0.122. The van der Waals surface area contributed by atoms with Crippen molar-refractivity contribution in [2.24, 2.45) is 0 Å². The maximum Gasteiger partial charge on any atom is 0.320 e. The normalized spacial score (nSPS) is 12.7. The monoisotopic (exact) mass is 315 g/mol. The van der Waals surface area contributed by atoms with Gasteiger partial charge in [-0.15, -0.1) is 0 Å². The van der Waals surface area contributed by atoms with E-state index in [2.05, 4.69) is 10.3 Å². The Labute approximate surface area is 113 Å². The fourth-order valence-electron chi connectivity index (χ4n) is 1.21. The predicted octanol–water partition coefficient (Wildman–Crippen LogP) is 1.69. The number of hydrogen-bond acceptors (Lipinski definition) is 4. The summed E-state index contributed by atoms with van der Waals surface area (Å²) < 4.78 is 74.2. The molecule has 0 unspecified atom stereocenters. The molecule has 5 nitrogen and oxygen atoms in total. The molecule has 0 aliphatic rings. The number of sulfonamides is 1. The van der Waals surface area contributed by atoms with E-state index in [0.717, 1.165) is 18.3 Å². The third kappa shape index (κ3) is 4.30. The molecule has 2 N–H and O–H groups in total. The fraction of sp³-hybridized carbons (Fsp3) is 0.500. The second kappa shape index (κ2) is 6.35. The van der Waals surface area contributed by atoms with Gasteiger partial charge >= 0.3 is 12.3 Å². The second-order valence-corrected chi connectivity index (χ2v) is 5.56. The van der Waals surface area contributed by atoms with Gasteiger partial charge in [0.25, 0.3) is 0 Å². The molecular formula is C10H13F4N3O2S. The van der Waals surface area contributed by atoms with Gasteiger partial charge in [-0.1, -0.05) is 0 Å². The molecule has 0 saturated heterocycles. The zero-order valence-electron chi connectivity index (χ0n) is 10.4. The minimum atomic E-state index is -4.43. The van der Waals surface area contributed by atoms with E-state index in [1.165, 1.54) is 4.72 Å². The van der Waals surface area contributed by atoms with Crippen molar-refractivity contribution in [3.8, 4) is 0 Å². The molecule has 0 saturated carbocycles. The summed E-state index contributed by atoms with van der Waals surface area (Å²) in [7, 11) is -4.31. The highest BCUT2D eigenvalue weighted by Crippen LogP contribution is 2.22. The molecule has 1 rings (SSSR count). The molecule has 0 spiro atoms. The first-order valence-electron chi connectivity index (χ1n) is 5.54. The zero-order valence-corrected chi connectivity index (χ0v) is 11.2. The summed E-state index contributed by atoms with van der Waals surface area (Å²) in [6.45, 7) is 0.559. The van der Waals surface area contributed by atoms with Crippen LogP contribution in [0.4, 0.5) is 23.4 Å². The third-order valence-electron chi connectivity index (χ3n) is 2.22. The van der Waals surface area contributed by atoms with Crippen LogP contribution in [0.1, 0.15) is 6.92 Å². The lowest BCUT2D eigenvalue weighted by Crippen LogP contribution is -2.41. The number of nitrogens with one attached hydrogen (secondary N) is 2. The van der Waals surface area contributed by atoms with Crippen LogP contribution in [0.15, 0.2) is 23.2 Å². The molecule has 0 bridgehead atoms. The van der Waals surface area contributed by atoms with Crippen LogP contribution in [-0.2, 0) is 10.0 Å². The van der Waals surface area contributed by atoms with Gasteiger partial charge in [0, 0.05) is 18.8 Å². The van der Waals surface area contributed by atoms with Crippen LogP contribution in [0.5, 0.6) is 0 Å². The molecule has 0 fully saturated rings. The summed E-state index contributed by atoms with van der Waals surface area (Å²) in [5, 5.41) is 2.74. The van der Waals surface area contributed by atoms with Gasteiger partial charge in [-0.05, 0) is 13.0 Å². The average Bonchev–Trinajstić information content (AvgIpc) is 2.37. The molecule has 1 aromatic heterocycles. The summed E-state index contributed by atoms with van der Waals surface area (Å²) in [6, 6.07) is 2.19. The Hall–Kier alpha value is -1.42. The Bertz CT molecular complexity index is 551. The van der Waals surface area contributed by atoms with Gasteiger partial charge in [0.1, 0.15) is 5.82 Å². The van der Waals surface area contributed by atoms with Crippen molar-refractivity contribution in [1.29, 1.82) is 0 Å². The lowest BCUT2D eigenvalue weighted by Gasteiger charge is -2.16. The van der Waals surface area contributed by atoms with E-state index in [0.29, 0.717) is 6.54 Å². The number of hydrogen-bond donors (Lipinski definition) is 2. The highest BCUT2D eigenvalue weighted by atomic mass is 32.2. The number of rotatable bonds is 7. The van der Waals surface area contributed by atoms with Gasteiger partial charge in [0.15, 0.2) is 0 Å². The summed E-state index contributed by atoms with van der Waals surface area (Å²) in [4.78, 5) is 3.47. The van der Waals surface area contributed by atoms with Gasteiger partial charge in [-0.3, -0.25) is 0 Å². The van der Waals surface area contributed by atoms with Gasteiger partial charge in [0.2, 0.25) is 10.0 Å². The number of aromatic nitrogens is 1. The molecule has 0 amide bonds. The minimum absolute atomic E-state index is 0.232. The summed E-state index contributed by atoms with van der Waals surface area (Å²) in [5.74, 6) is -4.19. The molecule has 1 heterocycles. The van der Waals surface area contributed by atoms with Crippen LogP contribution in [-0.4, -0.2) is 38.8 Å². The van der Waals surface area contributed by atoms with Gasteiger partial charge in [-0.25, -0.2) is 26.9 Å². The van der Waals surface area contributed by atoms with Crippen molar-refractivity contribution < 1.29 is 26.0 Å². The lowest BCUT2D eigenvalue weighted by atomic mass is 10.4. The smallest absolute Gasteiger partial charge is 0.320 e. The maximum absolute atomic E-state index is 12.7. The SMILES string of the molecule is CCNc1cc(S(=O)(=O)NCC(F)(F)C(F)F)ccn1. The van der Waals surface area contributed by atoms with Crippen molar-refractivity contribution in [2.75, 3.05) is 18.4 Å². The van der Waals surface area contributed by atoms with Crippen LogP contribution >= 0.6 is 0 Å². The van der Waals surface area contributed by atoms with Crippen LogP contribution in [0.2, 0.25) is 0 Å². The first-order valence-corrected chi connectivity index (χ1v) is 7.03. The third-order valence-corrected chi connectivity index (χ3v) is 3.62. The topological polar surface area (TPSA) is 71.1 Å². The number of halogens is 4. The van der Waals surface area contributed by atoms with E-state index in [9.17, 15) is 26.0 Å². The van der Waals surface area contributed by atoms with E-state index < -0.39 is 28.9 Å². The Morgan fingerprint density at radius 2 is 2.05 bits per heavy atom. The van der Waals surface area contributed by atoms with Crippen LogP contribution in [0.25, 0.3) is 0 Å². The fourth-order valence-corrected chi connectivity index (χ4v) is 2.26. The van der Waals surface area contributed by atoms with Crippen molar-refractivity contribution >= 4 is 15.8 Å². The molecule has 0 aliphatic carbocycles. The molecular weight excluding hydrogens is 302 g/mol. The number of alkyl halides is 4. The predicted molar refractivity (Wildman–Crippen MR) is 64.5 cm³/mol. The first-order chi connectivity index (χ1) is 9.19. The Morgan fingerprint density at radius 1 is 1.40 bits per heavy atom. The highest BCUT2D eigenvalue weighted by Gasteiger charge is 2.41. The summed E-state index contributed by atoms with van der Waals surface area (Å²) >= 11 is 0. The highest BCUT2D eigenvalue weighted by molar-refractivity contribution is 7.89. The number of pyridine rings is 1. The first kappa shape index (κ1) is 16.6. The van der Waals surface area contributed by atoms with Crippen LogP contribution < -0.4 is 10.0 Å².